The van der Waals surface area contributed by atoms with Gasteiger partial charge in [0.25, 0.3) is 0 Å². The monoisotopic (exact) mass is 240 g/mol. The predicted octanol–water partition coefficient (Wildman–Crippen LogP) is 3.28. The number of hydrogen-bond donors (Lipinski definition) is 1. The van der Waals surface area contributed by atoms with Crippen molar-refractivity contribution in [2.75, 3.05) is 0 Å². The molecule has 2 bridgehead atoms. The maximum Gasteiger partial charge on any atom is 0.448 e. The van der Waals surface area contributed by atoms with Crippen molar-refractivity contribution in [1.82, 2.24) is 0 Å². The Morgan fingerprint density at radius 1 is 1.12 bits per heavy atom. The molecule has 5 unspecified atom stereocenters. The van der Waals surface area contributed by atoms with Gasteiger partial charge in [0, 0.05) is 6.42 Å². The number of alkyl halides is 4. The first-order chi connectivity index (χ1) is 7.21. The molecular formula is C11H16F4O. The molecule has 0 saturated heterocycles. The van der Waals surface area contributed by atoms with E-state index in [1.807, 2.05) is 6.92 Å². The van der Waals surface area contributed by atoms with E-state index >= 15 is 0 Å². The smallest absolute Gasteiger partial charge is 0.355 e. The first kappa shape index (κ1) is 12.1. The standard InChI is InChI=1S/C11H16F4O/c1-6-2-7-3-8(9(6)4-7)5-10(12,16)11(13,14)15/h6-9,16H,2-5H2,1H3. The molecule has 0 heterocycles. The van der Waals surface area contributed by atoms with Crippen LogP contribution < -0.4 is 0 Å². The Balaban J connectivity index is 2.01. The van der Waals surface area contributed by atoms with Crippen LogP contribution in [0.4, 0.5) is 17.6 Å². The van der Waals surface area contributed by atoms with Gasteiger partial charge in [-0.15, -0.1) is 0 Å². The third-order valence-corrected chi connectivity index (χ3v) is 4.25. The summed E-state index contributed by atoms with van der Waals surface area (Å²) in [6.45, 7) is 2.00. The van der Waals surface area contributed by atoms with Gasteiger partial charge in [0.05, 0.1) is 0 Å². The van der Waals surface area contributed by atoms with E-state index in [4.69, 9.17) is 5.11 Å². The molecule has 2 aliphatic rings. The summed E-state index contributed by atoms with van der Waals surface area (Å²) in [5.74, 6) is -3.36. The molecule has 2 saturated carbocycles. The first-order valence-electron chi connectivity index (χ1n) is 5.68. The lowest BCUT2D eigenvalue weighted by Crippen LogP contribution is -2.43. The molecule has 1 N–H and O–H groups in total. The van der Waals surface area contributed by atoms with E-state index in [9.17, 15) is 17.6 Å². The minimum Gasteiger partial charge on any atom is -0.355 e. The highest BCUT2D eigenvalue weighted by Gasteiger charge is 2.58. The maximum absolute atomic E-state index is 13.1. The average molecular weight is 240 g/mol. The van der Waals surface area contributed by atoms with Crippen molar-refractivity contribution in [2.45, 2.75) is 44.6 Å². The SMILES string of the molecule is CC1CC2CC(CC(O)(F)C(F)(F)F)C1C2. The van der Waals surface area contributed by atoms with Crippen molar-refractivity contribution in [2.24, 2.45) is 23.7 Å². The Labute approximate surface area is 91.8 Å². The zero-order valence-electron chi connectivity index (χ0n) is 9.10. The van der Waals surface area contributed by atoms with Crippen LogP contribution in [-0.2, 0) is 0 Å². The molecule has 0 aliphatic heterocycles. The molecule has 5 heteroatoms. The Hall–Kier alpha value is -0.320. The summed E-state index contributed by atoms with van der Waals surface area (Å²) >= 11 is 0. The van der Waals surface area contributed by atoms with Gasteiger partial charge in [0.2, 0.25) is 0 Å². The summed E-state index contributed by atoms with van der Waals surface area (Å²) in [6, 6.07) is 0. The van der Waals surface area contributed by atoms with Gasteiger partial charge in [-0.3, -0.25) is 0 Å². The molecule has 2 rings (SSSR count). The lowest BCUT2D eigenvalue weighted by atomic mass is 9.78. The van der Waals surface area contributed by atoms with Gasteiger partial charge in [0.15, 0.2) is 0 Å². The topological polar surface area (TPSA) is 20.2 Å². The highest BCUT2D eigenvalue weighted by Crippen LogP contribution is 2.55. The zero-order valence-corrected chi connectivity index (χ0v) is 9.10. The fourth-order valence-electron chi connectivity index (χ4n) is 3.56. The lowest BCUT2D eigenvalue weighted by Gasteiger charge is -2.31. The van der Waals surface area contributed by atoms with E-state index in [1.54, 1.807) is 0 Å². The molecule has 2 fully saturated rings. The van der Waals surface area contributed by atoms with Crippen LogP contribution in [0.1, 0.15) is 32.6 Å². The summed E-state index contributed by atoms with van der Waals surface area (Å²) in [4.78, 5) is 0. The Bertz CT molecular complexity index is 274. The molecule has 1 nitrogen and oxygen atoms in total. The van der Waals surface area contributed by atoms with Crippen molar-refractivity contribution >= 4 is 0 Å². The number of halogens is 4. The summed E-state index contributed by atoms with van der Waals surface area (Å²) in [5, 5.41) is 8.83. The van der Waals surface area contributed by atoms with Crippen LogP contribution in [0.25, 0.3) is 0 Å². The quantitative estimate of drug-likeness (QED) is 0.734. The summed E-state index contributed by atoms with van der Waals surface area (Å²) < 4.78 is 49.7. The molecular weight excluding hydrogens is 224 g/mol. The van der Waals surface area contributed by atoms with Gasteiger partial charge >= 0.3 is 12.0 Å². The van der Waals surface area contributed by atoms with Gasteiger partial charge in [-0.2, -0.15) is 13.2 Å². The van der Waals surface area contributed by atoms with E-state index in [0.717, 1.165) is 12.8 Å². The first-order valence-corrected chi connectivity index (χ1v) is 5.68. The third kappa shape index (κ3) is 1.94. The molecule has 2 aliphatic carbocycles. The minimum absolute atomic E-state index is 0.162. The van der Waals surface area contributed by atoms with Crippen LogP contribution in [0.2, 0.25) is 0 Å². The second kappa shape index (κ2) is 3.59. The molecule has 0 amide bonds. The molecule has 16 heavy (non-hydrogen) atoms. The van der Waals surface area contributed by atoms with Crippen molar-refractivity contribution < 1.29 is 22.7 Å². The fourth-order valence-corrected chi connectivity index (χ4v) is 3.56. The highest BCUT2D eigenvalue weighted by atomic mass is 19.4. The Kier molecular flexibility index (Phi) is 2.72. The Morgan fingerprint density at radius 2 is 1.75 bits per heavy atom. The van der Waals surface area contributed by atoms with Crippen LogP contribution in [0.15, 0.2) is 0 Å². The van der Waals surface area contributed by atoms with E-state index in [2.05, 4.69) is 0 Å². The molecule has 0 aromatic carbocycles. The second-order valence-electron chi connectivity index (χ2n) is 5.44. The third-order valence-electron chi connectivity index (χ3n) is 4.25. The fraction of sp³-hybridized carbons (Fsp3) is 1.00. The van der Waals surface area contributed by atoms with Gasteiger partial charge < -0.3 is 5.11 Å². The van der Waals surface area contributed by atoms with Gasteiger partial charge in [-0.1, -0.05) is 6.92 Å². The van der Waals surface area contributed by atoms with Crippen LogP contribution in [0.5, 0.6) is 0 Å². The lowest BCUT2D eigenvalue weighted by molar-refractivity contribution is -0.322. The van der Waals surface area contributed by atoms with E-state index in [-0.39, 0.29) is 11.8 Å². The van der Waals surface area contributed by atoms with Crippen LogP contribution in [-0.4, -0.2) is 17.1 Å². The number of fused-ring (bicyclic) bond motifs is 2. The minimum atomic E-state index is -5.17. The Morgan fingerprint density at radius 3 is 2.19 bits per heavy atom. The van der Waals surface area contributed by atoms with E-state index in [1.165, 1.54) is 0 Å². The van der Waals surface area contributed by atoms with Crippen LogP contribution in [0, 0.1) is 23.7 Å². The summed E-state index contributed by atoms with van der Waals surface area (Å²) in [5.41, 5.74) is 0. The summed E-state index contributed by atoms with van der Waals surface area (Å²) in [7, 11) is 0. The van der Waals surface area contributed by atoms with Crippen molar-refractivity contribution in [1.29, 1.82) is 0 Å². The predicted molar refractivity (Wildman–Crippen MR) is 50.2 cm³/mol. The molecule has 0 spiro atoms. The average Bonchev–Trinajstić information content (AvgIpc) is 2.58. The van der Waals surface area contributed by atoms with Gasteiger partial charge in [-0.05, 0) is 42.9 Å². The molecule has 94 valence electrons. The number of rotatable bonds is 2. The molecule has 0 aromatic rings. The normalized spacial score (nSPS) is 42.4. The van der Waals surface area contributed by atoms with Crippen LogP contribution >= 0.6 is 0 Å². The van der Waals surface area contributed by atoms with Gasteiger partial charge in [0.1, 0.15) is 0 Å². The zero-order chi connectivity index (χ0) is 12.1. The maximum atomic E-state index is 13.1. The second-order valence-corrected chi connectivity index (χ2v) is 5.44. The van der Waals surface area contributed by atoms with Crippen molar-refractivity contribution in [3.05, 3.63) is 0 Å². The summed E-state index contributed by atoms with van der Waals surface area (Å²) in [6.07, 6.45) is -3.38. The number of hydrogen-bond acceptors (Lipinski definition) is 1. The molecule has 5 atom stereocenters. The van der Waals surface area contributed by atoms with Crippen molar-refractivity contribution in [3.63, 3.8) is 0 Å². The molecule has 0 radical (unpaired) electrons. The van der Waals surface area contributed by atoms with Crippen LogP contribution in [0.3, 0.4) is 0 Å². The van der Waals surface area contributed by atoms with Crippen molar-refractivity contribution in [3.8, 4) is 0 Å². The highest BCUT2D eigenvalue weighted by molar-refractivity contribution is 4.96. The number of aliphatic hydroxyl groups is 1. The largest absolute Gasteiger partial charge is 0.448 e. The van der Waals surface area contributed by atoms with E-state index in [0.29, 0.717) is 18.3 Å². The van der Waals surface area contributed by atoms with E-state index < -0.39 is 18.5 Å². The van der Waals surface area contributed by atoms with Gasteiger partial charge in [-0.25, -0.2) is 4.39 Å². The molecule has 0 aromatic heterocycles.